The standard InChI is InChI=1S/C16H12ClN7O4/c1-22-15(10(7-18)8-19-22)20-16(25)13-4-5-23(21-13)9-28-14-3-2-11(24(26)27)6-12(14)17/h2-6,8H,9H2,1H3,(H,20,25). The summed E-state index contributed by atoms with van der Waals surface area (Å²) in [5.41, 5.74) is 0.178. The molecule has 3 aromatic rings. The first-order chi connectivity index (χ1) is 13.4. The van der Waals surface area contributed by atoms with E-state index in [1.165, 1.54) is 46.0 Å². The second-order valence-corrected chi connectivity index (χ2v) is 5.89. The van der Waals surface area contributed by atoms with Crippen LogP contribution in [-0.2, 0) is 13.8 Å². The van der Waals surface area contributed by atoms with Gasteiger partial charge in [0.25, 0.3) is 11.6 Å². The van der Waals surface area contributed by atoms with E-state index in [-0.39, 0.29) is 40.3 Å². The van der Waals surface area contributed by atoms with Crippen molar-refractivity contribution in [1.29, 1.82) is 5.26 Å². The van der Waals surface area contributed by atoms with Gasteiger partial charge in [0.1, 0.15) is 23.2 Å². The SMILES string of the molecule is Cn1ncc(C#N)c1NC(=O)c1ccn(COc2ccc([N+](=O)[O-])cc2Cl)n1. The van der Waals surface area contributed by atoms with Crippen molar-refractivity contribution in [1.82, 2.24) is 19.6 Å². The van der Waals surface area contributed by atoms with Crippen LogP contribution in [0.5, 0.6) is 5.75 Å². The number of anilines is 1. The second-order valence-electron chi connectivity index (χ2n) is 5.48. The summed E-state index contributed by atoms with van der Waals surface area (Å²) in [5.74, 6) is -0.0227. The van der Waals surface area contributed by atoms with Gasteiger partial charge in [-0.2, -0.15) is 15.5 Å². The number of hydrogen-bond donors (Lipinski definition) is 1. The second kappa shape index (κ2) is 7.77. The van der Waals surface area contributed by atoms with Crippen LogP contribution in [0, 0.1) is 21.4 Å². The largest absolute Gasteiger partial charge is 0.470 e. The molecule has 12 heteroatoms. The number of carbonyl (C=O) groups is 1. The van der Waals surface area contributed by atoms with Crippen LogP contribution in [0.4, 0.5) is 11.5 Å². The van der Waals surface area contributed by atoms with Gasteiger partial charge >= 0.3 is 0 Å². The van der Waals surface area contributed by atoms with E-state index in [0.717, 1.165) is 0 Å². The van der Waals surface area contributed by atoms with E-state index < -0.39 is 10.8 Å². The van der Waals surface area contributed by atoms with Gasteiger partial charge < -0.3 is 10.1 Å². The number of carbonyl (C=O) groups excluding carboxylic acids is 1. The number of non-ortho nitro benzene ring substituents is 1. The molecule has 2 heterocycles. The van der Waals surface area contributed by atoms with E-state index in [1.807, 2.05) is 6.07 Å². The minimum absolute atomic E-state index is 0.0695. The van der Waals surface area contributed by atoms with Crippen molar-refractivity contribution in [2.45, 2.75) is 6.73 Å². The lowest BCUT2D eigenvalue weighted by atomic mass is 10.3. The smallest absolute Gasteiger partial charge is 0.277 e. The Morgan fingerprint density at radius 2 is 2.25 bits per heavy atom. The number of aromatic nitrogens is 4. The maximum atomic E-state index is 12.3. The minimum atomic E-state index is -0.561. The van der Waals surface area contributed by atoms with Crippen LogP contribution in [0.3, 0.4) is 0 Å². The van der Waals surface area contributed by atoms with Gasteiger partial charge in [0.15, 0.2) is 12.4 Å². The molecule has 3 rings (SSSR count). The van der Waals surface area contributed by atoms with Crippen LogP contribution in [0.1, 0.15) is 16.1 Å². The molecule has 0 aliphatic carbocycles. The number of ether oxygens (including phenoxy) is 1. The van der Waals surface area contributed by atoms with Crippen LogP contribution in [0.2, 0.25) is 5.02 Å². The lowest BCUT2D eigenvalue weighted by Crippen LogP contribution is -2.17. The summed E-state index contributed by atoms with van der Waals surface area (Å²) in [6, 6.07) is 7.23. The highest BCUT2D eigenvalue weighted by Crippen LogP contribution is 2.28. The number of nitriles is 1. The molecule has 28 heavy (non-hydrogen) atoms. The lowest BCUT2D eigenvalue weighted by Gasteiger charge is -2.08. The van der Waals surface area contributed by atoms with Gasteiger partial charge in [-0.3, -0.25) is 19.6 Å². The average molecular weight is 402 g/mol. The van der Waals surface area contributed by atoms with Crippen LogP contribution >= 0.6 is 11.6 Å². The van der Waals surface area contributed by atoms with Crippen molar-refractivity contribution >= 4 is 29.0 Å². The highest BCUT2D eigenvalue weighted by molar-refractivity contribution is 6.32. The van der Waals surface area contributed by atoms with Crippen LogP contribution in [0.15, 0.2) is 36.7 Å². The van der Waals surface area contributed by atoms with Gasteiger partial charge in [0.05, 0.1) is 16.1 Å². The summed E-state index contributed by atoms with van der Waals surface area (Å²) >= 11 is 5.96. The van der Waals surface area contributed by atoms with Crippen molar-refractivity contribution in [2.75, 3.05) is 5.32 Å². The summed E-state index contributed by atoms with van der Waals surface area (Å²) in [4.78, 5) is 22.5. The molecule has 0 aliphatic heterocycles. The fourth-order valence-corrected chi connectivity index (χ4v) is 2.48. The van der Waals surface area contributed by atoms with Gasteiger partial charge in [0.2, 0.25) is 0 Å². The maximum Gasteiger partial charge on any atom is 0.277 e. The minimum Gasteiger partial charge on any atom is -0.470 e. The van der Waals surface area contributed by atoms with Crippen molar-refractivity contribution in [3.8, 4) is 11.8 Å². The monoisotopic (exact) mass is 401 g/mol. The first-order valence-electron chi connectivity index (χ1n) is 7.72. The Morgan fingerprint density at radius 3 is 2.93 bits per heavy atom. The predicted octanol–water partition coefficient (Wildman–Crippen LogP) is 2.34. The van der Waals surface area contributed by atoms with Crippen molar-refractivity contribution < 1.29 is 14.5 Å². The number of nitro benzene ring substituents is 1. The molecule has 0 saturated heterocycles. The fourth-order valence-electron chi connectivity index (χ4n) is 2.25. The van der Waals surface area contributed by atoms with Gasteiger partial charge in [-0.15, -0.1) is 0 Å². The van der Waals surface area contributed by atoms with Crippen LogP contribution < -0.4 is 10.1 Å². The highest BCUT2D eigenvalue weighted by Gasteiger charge is 2.16. The molecule has 0 atom stereocenters. The van der Waals surface area contributed by atoms with Gasteiger partial charge in [-0.1, -0.05) is 11.6 Å². The van der Waals surface area contributed by atoms with Crippen molar-refractivity contribution in [2.24, 2.45) is 7.05 Å². The van der Waals surface area contributed by atoms with E-state index in [1.54, 1.807) is 7.05 Å². The first-order valence-corrected chi connectivity index (χ1v) is 8.10. The summed E-state index contributed by atoms with van der Waals surface area (Å²) in [7, 11) is 1.59. The molecule has 0 aliphatic rings. The Hall–Kier alpha value is -3.91. The summed E-state index contributed by atoms with van der Waals surface area (Å²) in [6.45, 7) is -0.0695. The molecule has 0 fully saturated rings. The number of nitrogens with zero attached hydrogens (tertiary/aromatic N) is 6. The Kier molecular flexibility index (Phi) is 5.23. The molecule has 1 amide bonds. The van der Waals surface area contributed by atoms with Crippen molar-refractivity contribution in [3.63, 3.8) is 0 Å². The zero-order valence-electron chi connectivity index (χ0n) is 14.4. The third-order valence-corrected chi connectivity index (χ3v) is 3.94. The topological polar surface area (TPSA) is 141 Å². The summed E-state index contributed by atoms with van der Waals surface area (Å²) in [6.07, 6.45) is 2.86. The molecular formula is C16H12ClN7O4. The maximum absolute atomic E-state index is 12.3. The van der Waals surface area contributed by atoms with E-state index >= 15 is 0 Å². The number of benzene rings is 1. The number of halogens is 1. The average Bonchev–Trinajstić information content (AvgIpc) is 3.28. The summed E-state index contributed by atoms with van der Waals surface area (Å²) < 4.78 is 8.19. The third kappa shape index (κ3) is 3.92. The highest BCUT2D eigenvalue weighted by atomic mass is 35.5. The number of nitro groups is 1. The zero-order chi connectivity index (χ0) is 20.3. The molecule has 0 spiro atoms. The van der Waals surface area contributed by atoms with E-state index in [2.05, 4.69) is 15.5 Å². The fraction of sp³-hybridized carbons (Fsp3) is 0.125. The number of amides is 1. The number of hydrogen-bond acceptors (Lipinski definition) is 7. The molecular weight excluding hydrogens is 390 g/mol. The van der Waals surface area contributed by atoms with Gasteiger partial charge in [-0.05, 0) is 12.1 Å². The Balaban J connectivity index is 1.66. The summed E-state index contributed by atoms with van der Waals surface area (Å²) in [5, 5.41) is 30.4. The van der Waals surface area contributed by atoms with Crippen LogP contribution in [0.25, 0.3) is 0 Å². The number of nitrogens with one attached hydrogen (secondary N) is 1. The lowest BCUT2D eigenvalue weighted by molar-refractivity contribution is -0.384. The molecule has 1 aromatic carbocycles. The quantitative estimate of drug-likeness (QED) is 0.493. The Morgan fingerprint density at radius 1 is 1.46 bits per heavy atom. The Labute approximate surface area is 162 Å². The molecule has 142 valence electrons. The molecule has 0 unspecified atom stereocenters. The number of aryl methyl sites for hydroxylation is 1. The van der Waals surface area contributed by atoms with Crippen LogP contribution in [-0.4, -0.2) is 30.4 Å². The third-order valence-electron chi connectivity index (χ3n) is 3.64. The first kappa shape index (κ1) is 18.9. The van der Waals surface area contributed by atoms with Crippen molar-refractivity contribution in [3.05, 3.63) is 63.1 Å². The molecule has 0 radical (unpaired) electrons. The zero-order valence-corrected chi connectivity index (χ0v) is 15.1. The molecule has 2 aromatic heterocycles. The molecule has 0 saturated carbocycles. The molecule has 11 nitrogen and oxygen atoms in total. The van der Waals surface area contributed by atoms with E-state index in [4.69, 9.17) is 21.6 Å². The number of rotatable bonds is 6. The predicted molar refractivity (Wildman–Crippen MR) is 96.8 cm³/mol. The van der Waals surface area contributed by atoms with Gasteiger partial charge in [-0.25, -0.2) is 4.68 Å². The van der Waals surface area contributed by atoms with Gasteiger partial charge in [0, 0.05) is 25.4 Å². The molecule has 0 bridgehead atoms. The molecule has 1 N–H and O–H groups in total. The normalized spacial score (nSPS) is 10.3. The Bertz CT molecular complexity index is 1100. The van der Waals surface area contributed by atoms with E-state index in [9.17, 15) is 14.9 Å². The van der Waals surface area contributed by atoms with E-state index in [0.29, 0.717) is 0 Å².